The second-order valence-corrected chi connectivity index (χ2v) is 8.89. The van der Waals surface area contributed by atoms with E-state index in [0.29, 0.717) is 23.8 Å². The zero-order valence-corrected chi connectivity index (χ0v) is 18.8. The van der Waals surface area contributed by atoms with Crippen LogP contribution in [-0.4, -0.2) is 73.5 Å². The molecule has 0 spiro atoms. The maximum atomic E-state index is 13.7. The Labute approximate surface area is 197 Å². The van der Waals surface area contributed by atoms with E-state index in [1.165, 1.54) is 10.7 Å². The molecule has 4 aromatic heterocycles. The van der Waals surface area contributed by atoms with Crippen LogP contribution in [0.3, 0.4) is 0 Å². The Morgan fingerprint density at radius 2 is 2.17 bits per heavy atom. The number of rotatable bonds is 5. The summed E-state index contributed by atoms with van der Waals surface area (Å²) < 4.78 is 36.3. The normalized spacial score (nSPS) is 23.5. The summed E-state index contributed by atoms with van der Waals surface area (Å²) in [7, 11) is 1.71. The molecule has 1 aliphatic carbocycles. The third kappa shape index (κ3) is 3.43. The van der Waals surface area contributed by atoms with Crippen LogP contribution >= 0.6 is 0 Å². The Balaban J connectivity index is 1.47. The summed E-state index contributed by atoms with van der Waals surface area (Å²) in [6.45, 7) is 0.600. The average molecular weight is 483 g/mol. The maximum absolute atomic E-state index is 13.7. The molecular formula is C23H23F2N7O3. The Hall–Kier alpha value is -3.64. The van der Waals surface area contributed by atoms with Crippen molar-refractivity contribution in [2.75, 3.05) is 25.6 Å². The fourth-order valence-electron chi connectivity index (χ4n) is 4.70. The minimum absolute atomic E-state index is 0.104. The van der Waals surface area contributed by atoms with Crippen molar-refractivity contribution in [2.24, 2.45) is 0 Å². The zero-order chi connectivity index (χ0) is 24.3. The lowest BCUT2D eigenvalue weighted by molar-refractivity contribution is -0.102. The summed E-state index contributed by atoms with van der Waals surface area (Å²) in [5, 5.41) is 20.9. The van der Waals surface area contributed by atoms with E-state index >= 15 is 0 Å². The molecule has 1 saturated heterocycles. The van der Waals surface area contributed by atoms with E-state index in [9.17, 15) is 18.7 Å². The summed E-state index contributed by atoms with van der Waals surface area (Å²) in [6.07, 6.45) is 4.19. The average Bonchev–Trinajstić information content (AvgIpc) is 3.57. The number of nitrogens with one attached hydrogen (secondary N) is 2. The summed E-state index contributed by atoms with van der Waals surface area (Å²) >= 11 is 0. The van der Waals surface area contributed by atoms with Gasteiger partial charge < -0.3 is 25.0 Å². The minimum atomic E-state index is -2.91. The monoisotopic (exact) mass is 483 g/mol. The number of carbonyl (C=O) groups excluding carboxylic acids is 1. The van der Waals surface area contributed by atoms with Gasteiger partial charge in [-0.05, 0) is 18.6 Å². The fourth-order valence-corrected chi connectivity index (χ4v) is 4.70. The number of fused-ring (bicyclic) bond motifs is 2. The van der Waals surface area contributed by atoms with Crippen molar-refractivity contribution in [3.05, 3.63) is 42.4 Å². The summed E-state index contributed by atoms with van der Waals surface area (Å²) in [5.41, 5.74) is 2.29. The lowest BCUT2D eigenvalue weighted by atomic mass is 9.88. The molecule has 6 rings (SSSR count). The van der Waals surface area contributed by atoms with Gasteiger partial charge in [0.25, 0.3) is 11.8 Å². The molecule has 12 heteroatoms. The van der Waals surface area contributed by atoms with Gasteiger partial charge in [0.2, 0.25) is 0 Å². The highest BCUT2D eigenvalue weighted by molar-refractivity contribution is 6.01. The Bertz CT molecular complexity index is 1450. The number of hydrogen-bond donors (Lipinski definition) is 3. The number of aromatic nitrogens is 5. The maximum Gasteiger partial charge on any atom is 0.267 e. The fraction of sp³-hybridized carbons (Fsp3) is 0.391. The van der Waals surface area contributed by atoms with Gasteiger partial charge in [-0.15, -0.1) is 0 Å². The van der Waals surface area contributed by atoms with Crippen LogP contribution in [0.1, 0.15) is 29.2 Å². The van der Waals surface area contributed by atoms with E-state index in [2.05, 4.69) is 20.7 Å². The van der Waals surface area contributed by atoms with Crippen LogP contribution in [0.2, 0.25) is 0 Å². The number of ether oxygens (including phenoxy) is 1. The number of amides is 1. The van der Waals surface area contributed by atoms with Gasteiger partial charge in [0.1, 0.15) is 23.1 Å². The Kier molecular flexibility index (Phi) is 4.97. The first-order valence-electron chi connectivity index (χ1n) is 11.3. The molecule has 1 amide bonds. The molecule has 1 saturated carbocycles. The van der Waals surface area contributed by atoms with Crippen LogP contribution in [0.15, 0.2) is 36.8 Å². The van der Waals surface area contributed by atoms with Crippen LogP contribution in [-0.2, 0) is 4.74 Å². The quantitative estimate of drug-likeness (QED) is 0.398. The molecule has 4 aromatic rings. The van der Waals surface area contributed by atoms with Crippen molar-refractivity contribution < 1.29 is 23.4 Å². The molecule has 10 nitrogen and oxygen atoms in total. The number of anilines is 1. The largest absolute Gasteiger partial charge is 0.388 e. The highest BCUT2D eigenvalue weighted by Gasteiger charge is 2.49. The van der Waals surface area contributed by atoms with Gasteiger partial charge in [0.05, 0.1) is 37.2 Å². The molecule has 182 valence electrons. The third-order valence-electron chi connectivity index (χ3n) is 6.80. The van der Waals surface area contributed by atoms with Crippen LogP contribution < -0.4 is 10.6 Å². The van der Waals surface area contributed by atoms with E-state index in [0.717, 1.165) is 10.9 Å². The van der Waals surface area contributed by atoms with Crippen molar-refractivity contribution in [2.45, 2.75) is 37.0 Å². The number of halogens is 2. The van der Waals surface area contributed by atoms with Crippen LogP contribution in [0.25, 0.3) is 27.9 Å². The molecule has 3 atom stereocenters. The van der Waals surface area contributed by atoms with Crippen molar-refractivity contribution >= 4 is 28.4 Å². The molecular weight excluding hydrogens is 460 g/mol. The van der Waals surface area contributed by atoms with Gasteiger partial charge in [-0.3, -0.25) is 4.79 Å². The first kappa shape index (κ1) is 21.9. The standard InChI is InChI=1S/C23H23F2N7O3/c1-26-19-7-15(14-9-31(16-10-35-11-17(16)33)20-12(14)3-2-6-27-20)29-21-13(8-28-32(19)21)22(34)30-18-4-5-23(18,24)25/h2-3,6-9,16-18,26,33H,4-5,10-11H2,1H3,(H,30,34)/t16-,17-,18-/m1/s1. The number of aliphatic hydroxyl groups excluding tert-OH is 1. The van der Waals surface area contributed by atoms with Crippen LogP contribution in [0, 0.1) is 0 Å². The van der Waals surface area contributed by atoms with Crippen molar-refractivity contribution in [3.8, 4) is 11.3 Å². The van der Waals surface area contributed by atoms with Crippen molar-refractivity contribution in [3.63, 3.8) is 0 Å². The molecule has 0 aromatic carbocycles. The van der Waals surface area contributed by atoms with Crippen molar-refractivity contribution in [1.29, 1.82) is 0 Å². The molecule has 2 aliphatic rings. The van der Waals surface area contributed by atoms with Crippen LogP contribution in [0.5, 0.6) is 0 Å². The van der Waals surface area contributed by atoms with Gasteiger partial charge in [0, 0.05) is 42.9 Å². The molecule has 0 bridgehead atoms. The smallest absolute Gasteiger partial charge is 0.267 e. The highest BCUT2D eigenvalue weighted by Crippen LogP contribution is 2.38. The van der Waals surface area contributed by atoms with Crippen LogP contribution in [0.4, 0.5) is 14.6 Å². The molecule has 1 aliphatic heterocycles. The number of aliphatic hydroxyl groups is 1. The van der Waals surface area contributed by atoms with E-state index < -0.39 is 24.0 Å². The van der Waals surface area contributed by atoms with Gasteiger partial charge >= 0.3 is 0 Å². The number of alkyl halides is 2. The van der Waals surface area contributed by atoms with Crippen molar-refractivity contribution in [1.82, 2.24) is 29.5 Å². The number of hydrogen-bond acceptors (Lipinski definition) is 7. The third-order valence-corrected chi connectivity index (χ3v) is 6.80. The lowest BCUT2D eigenvalue weighted by Gasteiger charge is -2.36. The van der Waals surface area contributed by atoms with Gasteiger partial charge in [-0.1, -0.05) is 0 Å². The first-order chi connectivity index (χ1) is 16.9. The highest BCUT2D eigenvalue weighted by atomic mass is 19.3. The van der Waals surface area contributed by atoms with Gasteiger partial charge in [-0.2, -0.15) is 9.61 Å². The number of pyridine rings is 1. The van der Waals surface area contributed by atoms with E-state index in [1.807, 2.05) is 22.9 Å². The SMILES string of the molecule is CNc1cc(-c2cn([C@@H]3COC[C@H]3O)c3ncccc23)nc2c(C(=O)N[C@@H]3CCC3(F)F)cnn12. The van der Waals surface area contributed by atoms with Gasteiger partial charge in [-0.25, -0.2) is 18.7 Å². The Morgan fingerprint density at radius 1 is 1.31 bits per heavy atom. The van der Waals surface area contributed by atoms with E-state index in [-0.39, 0.29) is 36.7 Å². The second kappa shape index (κ2) is 7.95. The lowest BCUT2D eigenvalue weighted by Crippen LogP contribution is -2.55. The summed E-state index contributed by atoms with van der Waals surface area (Å²) in [6, 6.07) is 4.01. The molecule has 3 N–H and O–H groups in total. The molecule has 0 radical (unpaired) electrons. The van der Waals surface area contributed by atoms with E-state index in [1.54, 1.807) is 19.3 Å². The Morgan fingerprint density at radius 3 is 2.86 bits per heavy atom. The summed E-state index contributed by atoms with van der Waals surface area (Å²) in [4.78, 5) is 22.1. The summed E-state index contributed by atoms with van der Waals surface area (Å²) in [5.74, 6) is -2.99. The number of nitrogens with zero attached hydrogens (tertiary/aromatic N) is 5. The first-order valence-corrected chi connectivity index (χ1v) is 11.3. The van der Waals surface area contributed by atoms with E-state index in [4.69, 9.17) is 9.72 Å². The molecule has 35 heavy (non-hydrogen) atoms. The predicted octanol–water partition coefficient (Wildman–Crippen LogP) is 2.25. The topological polar surface area (TPSA) is 119 Å². The second-order valence-electron chi connectivity index (χ2n) is 8.89. The molecule has 2 fully saturated rings. The van der Waals surface area contributed by atoms with Gasteiger partial charge in [0.15, 0.2) is 5.65 Å². The zero-order valence-electron chi connectivity index (χ0n) is 18.8. The predicted molar refractivity (Wildman–Crippen MR) is 123 cm³/mol. The number of carbonyl (C=O) groups is 1. The minimum Gasteiger partial charge on any atom is -0.388 e. The molecule has 5 heterocycles. The molecule has 0 unspecified atom stereocenters.